The summed E-state index contributed by atoms with van der Waals surface area (Å²) < 4.78 is 1.35. The van der Waals surface area contributed by atoms with E-state index in [1.165, 1.54) is 15.8 Å². The smallest absolute Gasteiger partial charge is 0.288 e. The van der Waals surface area contributed by atoms with E-state index < -0.39 is 4.92 Å². The topological polar surface area (TPSA) is 55.2 Å². The van der Waals surface area contributed by atoms with Gasteiger partial charge in [0.2, 0.25) is 0 Å². The molecule has 0 radical (unpaired) electrons. The third kappa shape index (κ3) is 3.02. The summed E-state index contributed by atoms with van der Waals surface area (Å²) in [6.07, 6.45) is 1.02. The van der Waals surface area contributed by atoms with Gasteiger partial charge in [0.25, 0.3) is 5.69 Å². The first-order chi connectivity index (χ1) is 10.0. The van der Waals surface area contributed by atoms with Crippen molar-refractivity contribution >= 4 is 46.1 Å². The fourth-order valence-corrected chi connectivity index (χ4v) is 5.25. The molecule has 0 aliphatic carbocycles. The van der Waals surface area contributed by atoms with Gasteiger partial charge in [0, 0.05) is 17.0 Å². The molecule has 1 unspecified atom stereocenters. The number of nitro groups is 1. The minimum atomic E-state index is -0.470. The Bertz CT molecular complexity index is 689. The van der Waals surface area contributed by atoms with Crippen molar-refractivity contribution < 1.29 is 4.92 Å². The predicted molar refractivity (Wildman–Crippen MR) is 88.7 cm³/mol. The zero-order valence-corrected chi connectivity index (χ0v) is 13.6. The van der Waals surface area contributed by atoms with E-state index in [1.807, 2.05) is 11.8 Å². The number of rotatable bonds is 3. The van der Waals surface area contributed by atoms with E-state index in [-0.39, 0.29) is 16.8 Å². The van der Waals surface area contributed by atoms with Crippen LogP contribution in [0.2, 0.25) is 5.02 Å². The number of thiophene rings is 1. The number of thioether (sulfide) groups is 1. The van der Waals surface area contributed by atoms with Gasteiger partial charge < -0.3 is 5.32 Å². The monoisotopic (exact) mass is 340 g/mol. The number of benzene rings is 1. The minimum Gasteiger partial charge on any atom is -0.378 e. The Hall–Kier alpha value is -1.24. The second kappa shape index (κ2) is 5.87. The average molecular weight is 341 g/mol. The molecule has 0 saturated carbocycles. The van der Waals surface area contributed by atoms with Crippen LogP contribution in [0.4, 0.5) is 11.4 Å². The molecule has 2 heterocycles. The number of fused-ring (bicyclic) bond motifs is 1. The Morgan fingerprint density at radius 3 is 2.95 bits per heavy atom. The van der Waals surface area contributed by atoms with Gasteiger partial charge in [-0.1, -0.05) is 18.5 Å². The van der Waals surface area contributed by atoms with Gasteiger partial charge in [0.05, 0.1) is 15.2 Å². The van der Waals surface area contributed by atoms with Gasteiger partial charge in [0.15, 0.2) is 0 Å². The maximum Gasteiger partial charge on any atom is 0.288 e. The molecule has 7 heteroatoms. The van der Waals surface area contributed by atoms with Gasteiger partial charge in [-0.2, -0.15) is 0 Å². The molecule has 2 aromatic rings. The van der Waals surface area contributed by atoms with Crippen LogP contribution in [0.5, 0.6) is 0 Å². The quantitative estimate of drug-likeness (QED) is 0.604. The van der Waals surface area contributed by atoms with Gasteiger partial charge in [-0.25, -0.2) is 0 Å². The molecular formula is C14H13ClN2O2S2. The Morgan fingerprint density at radius 1 is 1.43 bits per heavy atom. The van der Waals surface area contributed by atoms with Crippen molar-refractivity contribution in [2.24, 2.45) is 0 Å². The normalized spacial score (nSPS) is 20.9. The first kappa shape index (κ1) is 14.7. The lowest BCUT2D eigenvalue weighted by atomic mass is 10.0. The maximum absolute atomic E-state index is 10.8. The molecule has 0 spiro atoms. The van der Waals surface area contributed by atoms with Crippen LogP contribution in [0.1, 0.15) is 24.9 Å². The van der Waals surface area contributed by atoms with E-state index >= 15 is 0 Å². The molecule has 1 aliphatic heterocycles. The number of halogens is 1. The molecule has 21 heavy (non-hydrogen) atoms. The van der Waals surface area contributed by atoms with Crippen molar-refractivity contribution in [2.45, 2.75) is 28.8 Å². The van der Waals surface area contributed by atoms with Crippen LogP contribution in [0.3, 0.4) is 0 Å². The molecule has 0 amide bonds. The third-order valence-corrected chi connectivity index (χ3v) is 6.04. The average Bonchev–Trinajstić information content (AvgIpc) is 2.86. The molecule has 4 nitrogen and oxygen atoms in total. The number of nitrogens with one attached hydrogen (secondary N) is 1. The summed E-state index contributed by atoms with van der Waals surface area (Å²) in [4.78, 5) is 10.3. The molecule has 1 aromatic heterocycles. The second-order valence-electron chi connectivity index (χ2n) is 4.95. The highest BCUT2D eigenvalue weighted by molar-refractivity contribution is 8.01. The summed E-state index contributed by atoms with van der Waals surface area (Å²) in [5, 5.41) is 17.1. The van der Waals surface area contributed by atoms with E-state index in [9.17, 15) is 10.1 Å². The van der Waals surface area contributed by atoms with E-state index in [0.29, 0.717) is 5.25 Å². The maximum atomic E-state index is 10.8. The molecule has 2 atom stereocenters. The summed E-state index contributed by atoms with van der Waals surface area (Å²) in [6.45, 7) is 2.21. The molecule has 110 valence electrons. The predicted octanol–water partition coefficient (Wildman–Crippen LogP) is 5.35. The molecular weight excluding hydrogens is 328 g/mol. The fourth-order valence-electron chi connectivity index (χ4n) is 2.43. The van der Waals surface area contributed by atoms with Crippen molar-refractivity contribution in [2.75, 3.05) is 5.32 Å². The van der Waals surface area contributed by atoms with E-state index in [2.05, 4.69) is 23.7 Å². The van der Waals surface area contributed by atoms with E-state index in [0.717, 1.165) is 12.1 Å². The van der Waals surface area contributed by atoms with Crippen molar-refractivity contribution in [3.8, 4) is 0 Å². The standard InChI is InChI=1S/C14H13ClN2O2S2/c1-8-6-12(10-4-5-20-14(10)21-8)16-9-2-3-13(17(18)19)11(15)7-9/h2-5,7-8,12,16H,6H2,1H3/t8-,12?/m0/s1. The lowest BCUT2D eigenvalue weighted by Gasteiger charge is -2.28. The Kier molecular flexibility index (Phi) is 4.10. The Balaban J connectivity index is 1.85. The highest BCUT2D eigenvalue weighted by Crippen LogP contribution is 2.45. The molecule has 1 aliphatic rings. The highest BCUT2D eigenvalue weighted by atomic mass is 35.5. The van der Waals surface area contributed by atoms with Crippen molar-refractivity contribution in [3.05, 3.63) is 50.3 Å². The largest absolute Gasteiger partial charge is 0.378 e. The fraction of sp³-hybridized carbons (Fsp3) is 0.286. The molecule has 0 fully saturated rings. The van der Waals surface area contributed by atoms with Gasteiger partial charge >= 0.3 is 0 Å². The molecule has 3 rings (SSSR count). The van der Waals surface area contributed by atoms with Crippen LogP contribution in [0.25, 0.3) is 0 Å². The first-order valence-corrected chi connectivity index (χ1v) is 8.63. The van der Waals surface area contributed by atoms with Gasteiger partial charge in [-0.3, -0.25) is 10.1 Å². The summed E-state index contributed by atoms with van der Waals surface area (Å²) in [5.41, 5.74) is 2.05. The summed E-state index contributed by atoms with van der Waals surface area (Å²) in [5.74, 6) is 0. The Labute approximate surface area is 135 Å². The van der Waals surface area contributed by atoms with Gasteiger partial charge in [-0.05, 0) is 35.6 Å². The molecule has 1 N–H and O–H groups in total. The van der Waals surface area contributed by atoms with E-state index in [4.69, 9.17) is 11.6 Å². The molecule has 0 saturated heterocycles. The van der Waals surface area contributed by atoms with Crippen molar-refractivity contribution in [3.63, 3.8) is 0 Å². The van der Waals surface area contributed by atoms with Crippen LogP contribution in [-0.2, 0) is 0 Å². The van der Waals surface area contributed by atoms with Crippen molar-refractivity contribution in [1.82, 2.24) is 0 Å². The third-order valence-electron chi connectivity index (χ3n) is 3.39. The SMILES string of the molecule is C[C@H]1CC(Nc2ccc([N+](=O)[O-])c(Cl)c2)c2ccsc2S1. The van der Waals surface area contributed by atoms with E-state index in [1.54, 1.807) is 23.5 Å². The number of nitrogens with zero attached hydrogens (tertiary/aromatic N) is 1. The lowest BCUT2D eigenvalue weighted by Crippen LogP contribution is -2.18. The zero-order chi connectivity index (χ0) is 15.0. The van der Waals surface area contributed by atoms with Crippen LogP contribution >= 0.6 is 34.7 Å². The number of nitro benzene ring substituents is 1. The lowest BCUT2D eigenvalue weighted by molar-refractivity contribution is -0.384. The van der Waals surface area contributed by atoms with Crippen LogP contribution in [0.15, 0.2) is 33.9 Å². The highest BCUT2D eigenvalue weighted by Gasteiger charge is 2.26. The first-order valence-electron chi connectivity index (χ1n) is 6.49. The molecule has 1 aromatic carbocycles. The summed E-state index contributed by atoms with van der Waals surface area (Å²) in [7, 11) is 0. The Morgan fingerprint density at radius 2 is 2.24 bits per heavy atom. The molecule has 0 bridgehead atoms. The van der Waals surface area contributed by atoms with Crippen LogP contribution in [0, 0.1) is 10.1 Å². The van der Waals surface area contributed by atoms with Crippen LogP contribution < -0.4 is 5.32 Å². The van der Waals surface area contributed by atoms with Gasteiger partial charge in [-0.15, -0.1) is 23.1 Å². The zero-order valence-electron chi connectivity index (χ0n) is 11.2. The van der Waals surface area contributed by atoms with Crippen molar-refractivity contribution in [1.29, 1.82) is 0 Å². The van der Waals surface area contributed by atoms with Gasteiger partial charge in [0.1, 0.15) is 5.02 Å². The van der Waals surface area contributed by atoms with Crippen LogP contribution in [-0.4, -0.2) is 10.2 Å². The second-order valence-corrected chi connectivity index (χ2v) is 7.98. The number of hydrogen-bond acceptors (Lipinski definition) is 5. The summed E-state index contributed by atoms with van der Waals surface area (Å²) >= 11 is 9.63. The minimum absolute atomic E-state index is 0.0639. The number of anilines is 1. The summed E-state index contributed by atoms with van der Waals surface area (Å²) in [6, 6.07) is 7.14. The number of hydrogen-bond donors (Lipinski definition) is 1.